The molecule has 3 aromatic rings. The van der Waals surface area contributed by atoms with Crippen LogP contribution in [0.15, 0.2) is 47.4 Å². The van der Waals surface area contributed by atoms with Crippen LogP contribution in [0.1, 0.15) is 30.9 Å². The van der Waals surface area contributed by atoms with Gasteiger partial charge >= 0.3 is 0 Å². The summed E-state index contributed by atoms with van der Waals surface area (Å²) in [7, 11) is 0.426. The molecule has 35 heavy (non-hydrogen) atoms. The highest BCUT2D eigenvalue weighted by molar-refractivity contribution is 7.89. The molecule has 0 atom stereocenters. The van der Waals surface area contributed by atoms with Gasteiger partial charge < -0.3 is 4.90 Å². The molecule has 1 amide bonds. The van der Waals surface area contributed by atoms with Gasteiger partial charge in [-0.3, -0.25) is 9.69 Å². The molecule has 2 heterocycles. The number of anilines is 1. The van der Waals surface area contributed by atoms with Crippen molar-refractivity contribution in [1.29, 1.82) is 0 Å². The Balaban J connectivity index is 1.52. The summed E-state index contributed by atoms with van der Waals surface area (Å²) in [6.45, 7) is 6.01. The van der Waals surface area contributed by atoms with Gasteiger partial charge in [0.05, 0.1) is 15.1 Å². The summed E-state index contributed by atoms with van der Waals surface area (Å²) in [6.07, 6.45) is 1.90. The predicted molar refractivity (Wildman–Crippen MR) is 143 cm³/mol. The smallest absolute Gasteiger partial charge is 0.243 e. The molecule has 0 radical (unpaired) electrons. The van der Waals surface area contributed by atoms with Crippen LogP contribution in [-0.2, 0) is 21.2 Å². The van der Waals surface area contributed by atoms with Crippen molar-refractivity contribution in [2.45, 2.75) is 38.0 Å². The molecule has 0 saturated carbocycles. The van der Waals surface area contributed by atoms with Crippen LogP contribution in [0.2, 0.25) is 0 Å². The lowest BCUT2D eigenvalue weighted by Crippen LogP contribution is -2.46. The van der Waals surface area contributed by atoms with E-state index in [1.54, 1.807) is 23.5 Å². The van der Waals surface area contributed by atoms with Gasteiger partial charge in [-0.1, -0.05) is 48.1 Å². The number of amides is 1. The van der Waals surface area contributed by atoms with E-state index in [1.807, 2.05) is 44.1 Å². The summed E-state index contributed by atoms with van der Waals surface area (Å²) in [6, 6.07) is 13.1. The van der Waals surface area contributed by atoms with Crippen molar-refractivity contribution in [3.8, 4) is 0 Å². The molecule has 1 aliphatic rings. The number of rotatable bonds is 8. The molecule has 9 heteroatoms. The molecule has 0 spiro atoms. The van der Waals surface area contributed by atoms with Gasteiger partial charge in [0, 0.05) is 32.1 Å². The van der Waals surface area contributed by atoms with E-state index in [0.29, 0.717) is 37.4 Å². The van der Waals surface area contributed by atoms with Crippen molar-refractivity contribution < 1.29 is 13.2 Å². The van der Waals surface area contributed by atoms with Crippen LogP contribution in [0.3, 0.4) is 0 Å². The maximum atomic E-state index is 13.7. The van der Waals surface area contributed by atoms with E-state index in [-0.39, 0.29) is 11.8 Å². The zero-order chi connectivity index (χ0) is 25.2. The molecular weight excluding hydrogens is 480 g/mol. The SMILES string of the molecule is CCc1cccc2sc(N(CCN(C)C)C(=O)C3CCN(S(=O)(=O)c4ccc(C)cc4)CC3)nc12. The highest BCUT2D eigenvalue weighted by Crippen LogP contribution is 2.33. The lowest BCUT2D eigenvalue weighted by Gasteiger charge is -2.33. The second-order valence-electron chi connectivity index (χ2n) is 9.40. The van der Waals surface area contributed by atoms with Crippen molar-refractivity contribution in [2.75, 3.05) is 45.2 Å². The van der Waals surface area contributed by atoms with Crippen molar-refractivity contribution in [2.24, 2.45) is 5.92 Å². The number of sulfonamides is 1. The third-order valence-electron chi connectivity index (χ3n) is 6.60. The highest BCUT2D eigenvalue weighted by atomic mass is 32.2. The van der Waals surface area contributed by atoms with Crippen molar-refractivity contribution in [3.63, 3.8) is 0 Å². The van der Waals surface area contributed by atoms with Gasteiger partial charge in [-0.05, 0) is 64.0 Å². The summed E-state index contributed by atoms with van der Waals surface area (Å²) in [4.78, 5) is 22.8. The monoisotopic (exact) mass is 514 g/mol. The Morgan fingerprint density at radius 2 is 1.77 bits per heavy atom. The normalized spacial score (nSPS) is 15.7. The Kier molecular flexibility index (Phi) is 7.90. The Labute approximate surface area is 212 Å². The molecule has 1 aliphatic heterocycles. The van der Waals surface area contributed by atoms with Crippen LogP contribution >= 0.6 is 11.3 Å². The number of nitrogens with zero attached hydrogens (tertiary/aromatic N) is 4. The van der Waals surface area contributed by atoms with E-state index in [4.69, 9.17) is 4.98 Å². The molecule has 0 unspecified atom stereocenters. The zero-order valence-corrected chi connectivity index (χ0v) is 22.5. The van der Waals surface area contributed by atoms with Gasteiger partial charge in [0.15, 0.2) is 5.13 Å². The first-order valence-corrected chi connectivity index (χ1v) is 14.4. The van der Waals surface area contributed by atoms with E-state index in [9.17, 15) is 13.2 Å². The van der Waals surface area contributed by atoms with Crippen molar-refractivity contribution >= 4 is 42.6 Å². The summed E-state index contributed by atoms with van der Waals surface area (Å²) >= 11 is 1.55. The molecule has 0 N–H and O–H groups in total. The number of carbonyl (C=O) groups excluding carboxylic acids is 1. The molecule has 1 aromatic heterocycles. The Morgan fingerprint density at radius 1 is 1.09 bits per heavy atom. The zero-order valence-electron chi connectivity index (χ0n) is 20.9. The molecule has 1 saturated heterocycles. The van der Waals surface area contributed by atoms with Crippen LogP contribution < -0.4 is 4.90 Å². The van der Waals surface area contributed by atoms with Crippen LogP contribution in [0.25, 0.3) is 10.2 Å². The minimum absolute atomic E-state index is 0.0383. The molecule has 7 nitrogen and oxygen atoms in total. The predicted octanol–water partition coefficient (Wildman–Crippen LogP) is 4.16. The number of para-hydroxylation sites is 1. The Bertz CT molecular complexity index is 1280. The number of likely N-dealkylation sites (N-methyl/N-ethyl adjacent to an activating group) is 1. The third-order valence-corrected chi connectivity index (χ3v) is 9.56. The number of fused-ring (bicyclic) bond motifs is 1. The summed E-state index contributed by atoms with van der Waals surface area (Å²) < 4.78 is 28.8. The lowest BCUT2D eigenvalue weighted by molar-refractivity contribution is -0.123. The summed E-state index contributed by atoms with van der Waals surface area (Å²) in [5.41, 5.74) is 3.17. The van der Waals surface area contributed by atoms with Gasteiger partial charge in [-0.2, -0.15) is 4.31 Å². The number of benzene rings is 2. The van der Waals surface area contributed by atoms with Gasteiger partial charge in [0.1, 0.15) is 0 Å². The van der Waals surface area contributed by atoms with Crippen LogP contribution in [0.5, 0.6) is 0 Å². The van der Waals surface area contributed by atoms with Crippen molar-refractivity contribution in [1.82, 2.24) is 14.2 Å². The van der Waals surface area contributed by atoms with Gasteiger partial charge in [0.25, 0.3) is 0 Å². The average Bonchev–Trinajstić information content (AvgIpc) is 3.28. The largest absolute Gasteiger partial charge is 0.308 e. The molecule has 4 rings (SSSR count). The van der Waals surface area contributed by atoms with E-state index in [0.717, 1.165) is 33.9 Å². The number of carbonyl (C=O) groups is 1. The van der Waals surface area contributed by atoms with Crippen LogP contribution in [-0.4, -0.2) is 68.8 Å². The fourth-order valence-electron chi connectivity index (χ4n) is 4.42. The first-order valence-electron chi connectivity index (χ1n) is 12.1. The maximum Gasteiger partial charge on any atom is 0.243 e. The maximum absolute atomic E-state index is 13.7. The molecular formula is C26H34N4O3S2. The van der Waals surface area contributed by atoms with Crippen LogP contribution in [0.4, 0.5) is 5.13 Å². The molecule has 1 fully saturated rings. The minimum atomic E-state index is -3.56. The molecule has 0 bridgehead atoms. The quantitative estimate of drug-likeness (QED) is 0.451. The first-order chi connectivity index (χ1) is 16.7. The number of piperidine rings is 1. The van der Waals surface area contributed by atoms with Crippen molar-refractivity contribution in [3.05, 3.63) is 53.6 Å². The average molecular weight is 515 g/mol. The first kappa shape index (κ1) is 25.8. The lowest BCUT2D eigenvalue weighted by atomic mass is 9.96. The summed E-state index contributed by atoms with van der Waals surface area (Å²) in [5.74, 6) is -0.185. The second-order valence-corrected chi connectivity index (χ2v) is 12.3. The fraction of sp³-hybridized carbons (Fsp3) is 0.462. The standard InChI is InChI=1S/C26H34N4O3S2/c1-5-20-7-6-8-23-24(20)27-26(34-23)30(18-17-28(3)4)25(31)21-13-15-29(16-14-21)35(32,33)22-11-9-19(2)10-12-22/h6-12,21H,5,13-18H2,1-4H3. The van der Waals surface area contributed by atoms with E-state index in [2.05, 4.69) is 24.0 Å². The van der Waals surface area contributed by atoms with Crippen LogP contribution in [0, 0.1) is 12.8 Å². The number of hydrogen-bond acceptors (Lipinski definition) is 6. The Morgan fingerprint density at radius 3 is 2.40 bits per heavy atom. The highest BCUT2D eigenvalue weighted by Gasteiger charge is 2.35. The number of hydrogen-bond donors (Lipinski definition) is 0. The summed E-state index contributed by atoms with van der Waals surface area (Å²) in [5, 5.41) is 0.724. The van der Waals surface area contributed by atoms with E-state index < -0.39 is 10.0 Å². The molecule has 2 aromatic carbocycles. The van der Waals surface area contributed by atoms with Gasteiger partial charge in [0.2, 0.25) is 15.9 Å². The topological polar surface area (TPSA) is 73.8 Å². The molecule has 0 aliphatic carbocycles. The minimum Gasteiger partial charge on any atom is -0.308 e. The number of aryl methyl sites for hydroxylation is 2. The van der Waals surface area contributed by atoms with Gasteiger partial charge in [-0.15, -0.1) is 0 Å². The van der Waals surface area contributed by atoms with Gasteiger partial charge in [-0.25, -0.2) is 13.4 Å². The van der Waals surface area contributed by atoms with E-state index >= 15 is 0 Å². The molecule has 188 valence electrons. The Hall–Kier alpha value is -2.33. The second kappa shape index (κ2) is 10.7. The van der Waals surface area contributed by atoms with E-state index in [1.165, 1.54) is 9.87 Å². The number of thiazole rings is 1. The number of aromatic nitrogens is 1. The third kappa shape index (κ3) is 5.58. The fourth-order valence-corrected chi connectivity index (χ4v) is 6.93.